The molecule has 6 nitrogen and oxygen atoms in total. The highest BCUT2D eigenvalue weighted by Gasteiger charge is 2.33. The van der Waals surface area contributed by atoms with Crippen LogP contribution in [0.2, 0.25) is 0 Å². The van der Waals surface area contributed by atoms with Crippen LogP contribution in [0.1, 0.15) is 18.4 Å². The number of pyridine rings is 1. The SMILES string of the molecule is COc1ccc(CN(C(=O)CN2CCN(c3ccccn3)CC2)C2CC2)cc1. The molecule has 2 aromatic rings. The molecule has 28 heavy (non-hydrogen) atoms. The van der Waals surface area contributed by atoms with Crippen LogP contribution < -0.4 is 9.64 Å². The van der Waals surface area contributed by atoms with Crippen molar-refractivity contribution in [2.24, 2.45) is 0 Å². The minimum absolute atomic E-state index is 0.240. The molecule has 0 spiro atoms. The third-order valence-corrected chi connectivity index (χ3v) is 5.52. The molecule has 0 unspecified atom stereocenters. The van der Waals surface area contributed by atoms with E-state index < -0.39 is 0 Å². The molecule has 1 saturated heterocycles. The number of nitrogens with zero attached hydrogens (tertiary/aromatic N) is 4. The Morgan fingerprint density at radius 3 is 2.46 bits per heavy atom. The highest BCUT2D eigenvalue weighted by Crippen LogP contribution is 2.29. The zero-order valence-electron chi connectivity index (χ0n) is 16.5. The largest absolute Gasteiger partial charge is 0.497 e. The first-order valence-electron chi connectivity index (χ1n) is 10.0. The van der Waals surface area contributed by atoms with Crippen molar-refractivity contribution in [3.05, 3.63) is 54.2 Å². The summed E-state index contributed by atoms with van der Waals surface area (Å²) in [5, 5.41) is 0. The zero-order valence-corrected chi connectivity index (χ0v) is 16.5. The quantitative estimate of drug-likeness (QED) is 0.738. The van der Waals surface area contributed by atoms with E-state index in [1.807, 2.05) is 48.7 Å². The lowest BCUT2D eigenvalue weighted by Gasteiger charge is -2.36. The maximum absolute atomic E-state index is 13.0. The summed E-state index contributed by atoms with van der Waals surface area (Å²) in [5.41, 5.74) is 1.15. The molecule has 1 saturated carbocycles. The number of ether oxygens (including phenoxy) is 1. The predicted molar refractivity (Wildman–Crippen MR) is 109 cm³/mol. The van der Waals surface area contributed by atoms with Crippen LogP contribution in [-0.2, 0) is 11.3 Å². The Morgan fingerprint density at radius 1 is 1.11 bits per heavy atom. The van der Waals surface area contributed by atoms with E-state index in [1.165, 1.54) is 0 Å². The molecule has 2 aliphatic rings. The Bertz CT molecular complexity index is 769. The van der Waals surface area contributed by atoms with Gasteiger partial charge < -0.3 is 14.5 Å². The summed E-state index contributed by atoms with van der Waals surface area (Å²) in [7, 11) is 1.67. The van der Waals surface area contributed by atoms with Crippen LogP contribution >= 0.6 is 0 Å². The van der Waals surface area contributed by atoms with Crippen LogP contribution in [0.25, 0.3) is 0 Å². The van der Waals surface area contributed by atoms with Crippen LogP contribution in [0.5, 0.6) is 5.75 Å². The molecular formula is C22H28N4O2. The summed E-state index contributed by atoms with van der Waals surface area (Å²) in [5.74, 6) is 2.11. The first kappa shape index (κ1) is 18.7. The molecule has 1 aliphatic carbocycles. The molecule has 1 amide bonds. The van der Waals surface area contributed by atoms with E-state index in [4.69, 9.17) is 4.74 Å². The van der Waals surface area contributed by atoms with E-state index in [1.54, 1.807) is 7.11 Å². The summed E-state index contributed by atoms with van der Waals surface area (Å²) in [6, 6.07) is 14.4. The fraction of sp³-hybridized carbons (Fsp3) is 0.455. The second kappa shape index (κ2) is 8.61. The minimum atomic E-state index is 0.240. The van der Waals surface area contributed by atoms with Gasteiger partial charge in [-0.3, -0.25) is 9.69 Å². The van der Waals surface area contributed by atoms with Gasteiger partial charge in [0.25, 0.3) is 0 Å². The molecule has 148 valence electrons. The van der Waals surface area contributed by atoms with Crippen LogP contribution in [-0.4, -0.2) is 66.6 Å². The van der Waals surface area contributed by atoms with Gasteiger partial charge in [-0.1, -0.05) is 18.2 Å². The molecule has 1 aromatic heterocycles. The highest BCUT2D eigenvalue weighted by atomic mass is 16.5. The molecule has 2 heterocycles. The van der Waals surface area contributed by atoms with Crippen molar-refractivity contribution in [1.82, 2.24) is 14.8 Å². The van der Waals surface area contributed by atoms with Crippen molar-refractivity contribution >= 4 is 11.7 Å². The van der Waals surface area contributed by atoms with Gasteiger partial charge in [0.15, 0.2) is 0 Å². The molecule has 2 fully saturated rings. The standard InChI is InChI=1S/C22H28N4O2/c1-28-20-9-5-18(6-10-20)16-26(19-7-8-19)22(27)17-24-12-14-25(15-13-24)21-4-2-3-11-23-21/h2-6,9-11,19H,7-8,12-17H2,1H3. The number of piperazine rings is 1. The van der Waals surface area contributed by atoms with Gasteiger partial charge in [0.05, 0.1) is 13.7 Å². The topological polar surface area (TPSA) is 48.9 Å². The highest BCUT2D eigenvalue weighted by molar-refractivity contribution is 5.79. The summed E-state index contributed by atoms with van der Waals surface area (Å²) in [6.45, 7) is 4.79. The van der Waals surface area contributed by atoms with Gasteiger partial charge in [0, 0.05) is 45.0 Å². The Kier molecular flexibility index (Phi) is 5.76. The smallest absolute Gasteiger partial charge is 0.237 e. The first-order chi connectivity index (χ1) is 13.7. The van der Waals surface area contributed by atoms with Crippen molar-refractivity contribution in [2.45, 2.75) is 25.4 Å². The Labute approximate surface area is 166 Å². The number of aromatic nitrogens is 1. The monoisotopic (exact) mass is 380 g/mol. The van der Waals surface area contributed by atoms with Crippen LogP contribution in [0.4, 0.5) is 5.82 Å². The fourth-order valence-electron chi connectivity index (χ4n) is 3.69. The molecule has 1 aromatic carbocycles. The lowest BCUT2D eigenvalue weighted by molar-refractivity contribution is -0.133. The number of hydrogen-bond donors (Lipinski definition) is 0. The van der Waals surface area contributed by atoms with Gasteiger partial charge in [0.1, 0.15) is 11.6 Å². The molecule has 6 heteroatoms. The number of carbonyl (C=O) groups is 1. The summed E-state index contributed by atoms with van der Waals surface area (Å²) >= 11 is 0. The normalized spacial score (nSPS) is 17.4. The van der Waals surface area contributed by atoms with Crippen molar-refractivity contribution in [2.75, 3.05) is 44.7 Å². The maximum Gasteiger partial charge on any atom is 0.237 e. The van der Waals surface area contributed by atoms with E-state index in [-0.39, 0.29) is 5.91 Å². The molecule has 4 rings (SSSR count). The summed E-state index contributed by atoms with van der Waals surface area (Å²) < 4.78 is 5.23. The fourth-order valence-corrected chi connectivity index (χ4v) is 3.69. The molecular weight excluding hydrogens is 352 g/mol. The maximum atomic E-state index is 13.0. The lowest BCUT2D eigenvalue weighted by atomic mass is 10.2. The molecule has 0 atom stereocenters. The Hall–Kier alpha value is -2.60. The number of anilines is 1. The molecule has 0 N–H and O–H groups in total. The Balaban J connectivity index is 1.31. The van der Waals surface area contributed by atoms with E-state index in [9.17, 15) is 4.79 Å². The van der Waals surface area contributed by atoms with Gasteiger partial charge >= 0.3 is 0 Å². The van der Waals surface area contributed by atoms with Crippen molar-refractivity contribution in [1.29, 1.82) is 0 Å². The molecule has 1 aliphatic heterocycles. The molecule has 0 bridgehead atoms. The second-order valence-electron chi connectivity index (χ2n) is 7.55. The van der Waals surface area contributed by atoms with Crippen LogP contribution in [0, 0.1) is 0 Å². The zero-order chi connectivity index (χ0) is 19.3. The van der Waals surface area contributed by atoms with Gasteiger partial charge in [-0.25, -0.2) is 4.98 Å². The van der Waals surface area contributed by atoms with E-state index in [2.05, 4.69) is 19.7 Å². The van der Waals surface area contributed by atoms with Crippen molar-refractivity contribution < 1.29 is 9.53 Å². The van der Waals surface area contributed by atoms with Crippen molar-refractivity contribution in [3.8, 4) is 5.75 Å². The number of carbonyl (C=O) groups excluding carboxylic acids is 1. The average molecular weight is 380 g/mol. The number of benzene rings is 1. The Morgan fingerprint density at radius 2 is 1.86 bits per heavy atom. The summed E-state index contributed by atoms with van der Waals surface area (Å²) in [4.78, 5) is 24.1. The predicted octanol–water partition coefficient (Wildman–Crippen LogP) is 2.40. The second-order valence-corrected chi connectivity index (χ2v) is 7.55. The lowest BCUT2D eigenvalue weighted by Crippen LogP contribution is -2.50. The van der Waals surface area contributed by atoms with E-state index >= 15 is 0 Å². The number of rotatable bonds is 7. The van der Waals surface area contributed by atoms with Gasteiger partial charge in [-0.15, -0.1) is 0 Å². The van der Waals surface area contributed by atoms with Gasteiger partial charge in [0.2, 0.25) is 5.91 Å². The van der Waals surface area contributed by atoms with Crippen LogP contribution in [0.15, 0.2) is 48.7 Å². The van der Waals surface area contributed by atoms with Gasteiger partial charge in [-0.05, 0) is 42.7 Å². The third-order valence-electron chi connectivity index (χ3n) is 5.52. The van der Waals surface area contributed by atoms with Crippen molar-refractivity contribution in [3.63, 3.8) is 0 Å². The molecule has 0 radical (unpaired) electrons. The number of methoxy groups -OCH3 is 1. The first-order valence-corrected chi connectivity index (χ1v) is 10.0. The average Bonchev–Trinajstić information content (AvgIpc) is 3.59. The van der Waals surface area contributed by atoms with E-state index in [0.717, 1.165) is 56.2 Å². The summed E-state index contributed by atoms with van der Waals surface area (Å²) in [6.07, 6.45) is 4.07. The van der Waals surface area contributed by atoms with Gasteiger partial charge in [-0.2, -0.15) is 0 Å². The third kappa shape index (κ3) is 4.62. The number of amides is 1. The number of hydrogen-bond acceptors (Lipinski definition) is 5. The minimum Gasteiger partial charge on any atom is -0.497 e. The van der Waals surface area contributed by atoms with Crippen LogP contribution in [0.3, 0.4) is 0 Å². The van der Waals surface area contributed by atoms with E-state index in [0.29, 0.717) is 19.1 Å².